The molecule has 238 valence electrons. The monoisotopic (exact) mass is 648 g/mol. The third-order valence-electron chi connectivity index (χ3n) is 9.20. The van der Waals surface area contributed by atoms with Gasteiger partial charge >= 0.3 is 0 Å². The molecule has 0 aliphatic carbocycles. The molecule has 2 aromatic heterocycles. The Kier molecular flexibility index (Phi) is 9.63. The molecule has 2 saturated heterocycles. The van der Waals surface area contributed by atoms with Crippen LogP contribution in [0, 0.1) is 0 Å². The summed E-state index contributed by atoms with van der Waals surface area (Å²) in [6.07, 6.45) is 6.13. The lowest BCUT2D eigenvalue weighted by molar-refractivity contribution is 0.0786. The van der Waals surface area contributed by atoms with Crippen LogP contribution in [-0.4, -0.2) is 127 Å². The second kappa shape index (κ2) is 13.6. The number of halogens is 2. The van der Waals surface area contributed by atoms with Crippen LogP contribution in [0.15, 0.2) is 48.8 Å². The molecule has 6 rings (SSSR count). The van der Waals surface area contributed by atoms with E-state index >= 15 is 0 Å². The summed E-state index contributed by atoms with van der Waals surface area (Å²) >= 11 is 13.8. The molecule has 0 unspecified atom stereocenters. The third kappa shape index (κ3) is 6.98. The fourth-order valence-electron chi connectivity index (χ4n) is 6.40. The number of carbonyl (C=O) groups is 1. The molecule has 0 bridgehead atoms. The zero-order valence-corrected chi connectivity index (χ0v) is 28.1. The molecule has 11 heteroatoms. The first-order valence-electron chi connectivity index (χ1n) is 15.7. The fourth-order valence-corrected chi connectivity index (χ4v) is 7.13. The van der Waals surface area contributed by atoms with Crippen LogP contribution >= 0.6 is 23.2 Å². The zero-order valence-electron chi connectivity index (χ0n) is 26.6. The Morgan fingerprint density at radius 3 is 2.24 bits per heavy atom. The van der Waals surface area contributed by atoms with E-state index in [9.17, 15) is 4.79 Å². The number of anilines is 1. The summed E-state index contributed by atoms with van der Waals surface area (Å²) in [5.74, 6) is 0.000687. The van der Waals surface area contributed by atoms with E-state index in [1.165, 1.54) is 25.9 Å². The second-order valence-corrected chi connectivity index (χ2v) is 13.4. The second-order valence-electron chi connectivity index (χ2n) is 12.6. The largest absolute Gasteiger partial charge is 0.367 e. The minimum absolute atomic E-state index is 0.000687. The molecule has 1 amide bonds. The van der Waals surface area contributed by atoms with Gasteiger partial charge in [0.05, 0.1) is 27.6 Å². The normalized spacial score (nSPS) is 17.0. The van der Waals surface area contributed by atoms with Gasteiger partial charge in [0.2, 0.25) is 0 Å². The van der Waals surface area contributed by atoms with Gasteiger partial charge in [-0.25, -0.2) is 9.97 Å². The van der Waals surface area contributed by atoms with E-state index in [1.807, 2.05) is 63.7 Å². The van der Waals surface area contributed by atoms with Crippen molar-refractivity contribution in [2.24, 2.45) is 0 Å². The first-order chi connectivity index (χ1) is 21.7. The summed E-state index contributed by atoms with van der Waals surface area (Å²) in [4.78, 5) is 36.9. The predicted molar refractivity (Wildman–Crippen MR) is 185 cm³/mol. The number of likely N-dealkylation sites (N-methyl/N-ethyl adjacent to an activating group) is 2. The van der Waals surface area contributed by atoms with Gasteiger partial charge in [0.1, 0.15) is 5.52 Å². The number of hydrogen-bond acceptors (Lipinski definition) is 7. The summed E-state index contributed by atoms with van der Waals surface area (Å²) in [7, 11) is 8.04. The topological polar surface area (TPSA) is 74.8 Å². The maximum Gasteiger partial charge on any atom is 0.253 e. The van der Waals surface area contributed by atoms with E-state index < -0.39 is 0 Å². The lowest BCUT2D eigenvalue weighted by atomic mass is 10.0. The van der Waals surface area contributed by atoms with Crippen LogP contribution in [0.3, 0.4) is 0 Å². The van der Waals surface area contributed by atoms with Gasteiger partial charge < -0.3 is 24.6 Å². The van der Waals surface area contributed by atoms with E-state index in [1.54, 1.807) is 11.1 Å². The number of piperazine rings is 1. The van der Waals surface area contributed by atoms with E-state index in [2.05, 4.69) is 36.6 Å². The Morgan fingerprint density at radius 2 is 1.60 bits per heavy atom. The lowest BCUT2D eigenvalue weighted by Gasteiger charge is -2.43. The summed E-state index contributed by atoms with van der Waals surface area (Å²) in [6, 6.07) is 12.2. The molecule has 2 fully saturated rings. The van der Waals surface area contributed by atoms with Gasteiger partial charge in [-0.2, -0.15) is 0 Å². The van der Waals surface area contributed by atoms with Crippen molar-refractivity contribution in [1.29, 1.82) is 0 Å². The molecule has 0 atom stereocenters. The van der Waals surface area contributed by atoms with E-state index in [0.717, 1.165) is 60.6 Å². The number of piperidine rings is 1. The van der Waals surface area contributed by atoms with Crippen LogP contribution in [0.2, 0.25) is 10.0 Å². The molecule has 9 nitrogen and oxygen atoms in total. The van der Waals surface area contributed by atoms with Crippen LogP contribution in [0.1, 0.15) is 23.2 Å². The molecule has 45 heavy (non-hydrogen) atoms. The molecule has 0 spiro atoms. The van der Waals surface area contributed by atoms with Gasteiger partial charge in [0, 0.05) is 75.2 Å². The number of carbonyl (C=O) groups excluding carboxylic acids is 1. The van der Waals surface area contributed by atoms with E-state index in [-0.39, 0.29) is 5.91 Å². The molecule has 2 aromatic carbocycles. The quantitative estimate of drug-likeness (QED) is 0.272. The van der Waals surface area contributed by atoms with Crippen LogP contribution < -0.4 is 4.90 Å². The number of H-pyrrole nitrogens is 1. The average molecular weight is 650 g/mol. The number of benzene rings is 2. The molecular formula is C34H42Cl2N8O. The third-order valence-corrected chi connectivity index (χ3v) is 9.78. The van der Waals surface area contributed by atoms with E-state index in [0.29, 0.717) is 39.5 Å². The number of nitrogens with zero attached hydrogens (tertiary/aromatic N) is 7. The summed E-state index contributed by atoms with van der Waals surface area (Å²) in [6.45, 7) is 7.66. The first-order valence-corrected chi connectivity index (χ1v) is 16.4. The van der Waals surface area contributed by atoms with Crippen molar-refractivity contribution in [2.75, 3.05) is 85.4 Å². The van der Waals surface area contributed by atoms with Crippen molar-refractivity contribution in [3.63, 3.8) is 0 Å². The number of hydrogen-bond donors (Lipinski definition) is 1. The number of amides is 1. The highest BCUT2D eigenvalue weighted by Crippen LogP contribution is 2.39. The number of likely N-dealkylation sites (tertiary alicyclic amines) is 1. The van der Waals surface area contributed by atoms with Crippen LogP contribution in [-0.2, 0) is 0 Å². The van der Waals surface area contributed by atoms with Crippen molar-refractivity contribution in [3.8, 4) is 22.4 Å². The SMILES string of the molecule is CN(C)CCN(C)C(=O)c1ccc(-c2c[nH]c3ncc(-c4cc(Cl)c(N5CCN(C6CCN(C)CC6)CC5)c(Cl)c4)nc23)cc1. The van der Waals surface area contributed by atoms with Crippen molar-refractivity contribution in [2.45, 2.75) is 18.9 Å². The first kappa shape index (κ1) is 31.8. The van der Waals surface area contributed by atoms with Crippen molar-refractivity contribution in [1.82, 2.24) is 34.6 Å². The zero-order chi connectivity index (χ0) is 31.7. The number of nitrogens with one attached hydrogen (secondary N) is 1. The number of rotatable bonds is 8. The Labute approximate surface area is 275 Å². The molecule has 0 saturated carbocycles. The van der Waals surface area contributed by atoms with Crippen molar-refractivity contribution >= 4 is 46.0 Å². The number of aromatic nitrogens is 3. The van der Waals surface area contributed by atoms with Gasteiger partial charge in [0.15, 0.2) is 5.65 Å². The maximum atomic E-state index is 12.9. The van der Waals surface area contributed by atoms with Crippen LogP contribution in [0.4, 0.5) is 5.69 Å². The molecule has 2 aliphatic heterocycles. The molecule has 4 heterocycles. The Hall–Kier alpha value is -3.21. The molecule has 1 N–H and O–H groups in total. The number of aromatic amines is 1. The fraction of sp³-hybridized carbons (Fsp3) is 0.441. The van der Waals surface area contributed by atoms with Gasteiger partial charge in [0.25, 0.3) is 5.91 Å². The van der Waals surface area contributed by atoms with Crippen molar-refractivity contribution < 1.29 is 4.79 Å². The van der Waals surface area contributed by atoms with Crippen molar-refractivity contribution in [3.05, 3.63) is 64.4 Å². The highest BCUT2D eigenvalue weighted by atomic mass is 35.5. The minimum atomic E-state index is 0.000687. The van der Waals surface area contributed by atoms with Crippen LogP contribution in [0.25, 0.3) is 33.5 Å². The highest BCUT2D eigenvalue weighted by molar-refractivity contribution is 6.39. The standard InChI is InChI=1S/C34H42Cl2N8O/c1-40(2)13-14-42(4)34(45)24-7-5-23(6-8-24)27-21-37-33-31(27)39-30(22-38-33)25-19-28(35)32(29(36)20-25)44-17-15-43(16-18-44)26-9-11-41(3)12-10-26/h5-8,19-22,26H,9-18H2,1-4H3,(H,37,38). The predicted octanol–water partition coefficient (Wildman–Crippen LogP) is 5.45. The Morgan fingerprint density at radius 1 is 0.933 bits per heavy atom. The lowest BCUT2D eigenvalue weighted by Crippen LogP contribution is -2.53. The van der Waals surface area contributed by atoms with E-state index in [4.69, 9.17) is 28.2 Å². The highest BCUT2D eigenvalue weighted by Gasteiger charge is 2.28. The Bertz CT molecular complexity index is 1620. The maximum absolute atomic E-state index is 12.9. The Balaban J connectivity index is 1.18. The van der Waals surface area contributed by atoms with Gasteiger partial charge in [-0.3, -0.25) is 9.69 Å². The molecule has 2 aliphatic rings. The number of fused-ring (bicyclic) bond motifs is 1. The van der Waals surface area contributed by atoms with Gasteiger partial charge in [-0.05, 0) is 76.9 Å². The van der Waals surface area contributed by atoms with Gasteiger partial charge in [-0.1, -0.05) is 35.3 Å². The smallest absolute Gasteiger partial charge is 0.253 e. The minimum Gasteiger partial charge on any atom is -0.367 e. The average Bonchev–Trinajstić information content (AvgIpc) is 3.47. The molecular weight excluding hydrogens is 607 g/mol. The summed E-state index contributed by atoms with van der Waals surface area (Å²) in [5.41, 5.74) is 6.36. The summed E-state index contributed by atoms with van der Waals surface area (Å²) < 4.78 is 0. The van der Waals surface area contributed by atoms with Crippen LogP contribution in [0.5, 0.6) is 0 Å². The summed E-state index contributed by atoms with van der Waals surface area (Å²) in [5, 5.41) is 1.24. The molecule has 0 radical (unpaired) electrons. The van der Waals surface area contributed by atoms with Gasteiger partial charge in [-0.15, -0.1) is 0 Å². The molecule has 4 aromatic rings.